The van der Waals surface area contributed by atoms with Crippen molar-refractivity contribution in [1.29, 1.82) is 0 Å². The van der Waals surface area contributed by atoms with Crippen molar-refractivity contribution in [3.05, 3.63) is 60.2 Å². The molecule has 0 atom stereocenters. The van der Waals surface area contributed by atoms with Crippen molar-refractivity contribution in [2.24, 2.45) is 0 Å². The monoisotopic (exact) mass is 254 g/mol. The van der Waals surface area contributed by atoms with E-state index in [-0.39, 0.29) is 5.91 Å². The molecule has 0 aliphatic carbocycles. The summed E-state index contributed by atoms with van der Waals surface area (Å²) in [6.45, 7) is 2.64. The zero-order valence-corrected chi connectivity index (χ0v) is 11.0. The van der Waals surface area contributed by atoms with Gasteiger partial charge in [-0.05, 0) is 36.8 Å². The van der Waals surface area contributed by atoms with Crippen LogP contribution in [-0.2, 0) is 11.2 Å². The normalized spacial score (nSPS) is 10.2. The molecule has 2 aromatic carbocycles. The number of amides is 1. The highest BCUT2D eigenvalue weighted by atomic mass is 16.2. The van der Waals surface area contributed by atoms with Crippen molar-refractivity contribution in [2.45, 2.75) is 13.3 Å². The Bertz CT molecular complexity index is 534. The van der Waals surface area contributed by atoms with E-state index in [0.717, 1.165) is 11.3 Å². The second-order valence-corrected chi connectivity index (χ2v) is 4.39. The zero-order chi connectivity index (χ0) is 13.7. The first-order valence-electron chi connectivity index (χ1n) is 6.40. The molecule has 0 bridgehead atoms. The Labute approximate surface area is 113 Å². The number of para-hydroxylation sites is 1. The maximum atomic E-state index is 12.3. The van der Waals surface area contributed by atoms with Crippen LogP contribution in [0.2, 0.25) is 0 Å². The average Bonchev–Trinajstić information content (AvgIpc) is 2.43. The second-order valence-electron chi connectivity index (χ2n) is 4.39. The van der Waals surface area contributed by atoms with Crippen LogP contribution in [-0.4, -0.2) is 12.5 Å². The summed E-state index contributed by atoms with van der Waals surface area (Å²) in [6, 6.07) is 17.2. The highest BCUT2D eigenvalue weighted by Gasteiger charge is 2.13. The van der Waals surface area contributed by atoms with Crippen molar-refractivity contribution >= 4 is 17.3 Å². The molecule has 98 valence electrons. The number of carbonyl (C=O) groups is 1. The van der Waals surface area contributed by atoms with Crippen LogP contribution in [0.3, 0.4) is 0 Å². The van der Waals surface area contributed by atoms with Gasteiger partial charge in [0.25, 0.3) is 0 Å². The Kier molecular flexibility index (Phi) is 4.18. The summed E-state index contributed by atoms with van der Waals surface area (Å²) in [5.74, 6) is 0.0958. The lowest BCUT2D eigenvalue weighted by Gasteiger charge is -2.21. The van der Waals surface area contributed by atoms with Crippen LogP contribution in [0.1, 0.15) is 12.5 Å². The molecule has 0 saturated carbocycles. The maximum Gasteiger partial charge on any atom is 0.231 e. The van der Waals surface area contributed by atoms with Crippen LogP contribution in [0.5, 0.6) is 0 Å². The smallest absolute Gasteiger partial charge is 0.231 e. The molecule has 0 spiro atoms. The molecule has 0 saturated heterocycles. The number of nitrogens with zero attached hydrogens (tertiary/aromatic N) is 1. The summed E-state index contributed by atoms with van der Waals surface area (Å²) in [4.78, 5) is 14.1. The second kappa shape index (κ2) is 6.05. The molecule has 19 heavy (non-hydrogen) atoms. The number of hydrogen-bond donors (Lipinski definition) is 1. The Morgan fingerprint density at radius 2 is 1.68 bits per heavy atom. The molecule has 0 radical (unpaired) electrons. The quantitative estimate of drug-likeness (QED) is 0.853. The van der Waals surface area contributed by atoms with Crippen LogP contribution in [0, 0.1) is 0 Å². The molecular weight excluding hydrogens is 236 g/mol. The van der Waals surface area contributed by atoms with Gasteiger partial charge in [0.2, 0.25) is 5.91 Å². The standard InChI is InChI=1S/C16H18N2O/c1-2-18(15-6-4-3-5-7-15)16(19)12-13-8-10-14(17)11-9-13/h3-11H,2,12,17H2,1H3. The van der Waals surface area contributed by atoms with E-state index in [0.29, 0.717) is 18.7 Å². The van der Waals surface area contributed by atoms with Crippen LogP contribution < -0.4 is 10.6 Å². The van der Waals surface area contributed by atoms with Crippen LogP contribution >= 0.6 is 0 Å². The van der Waals surface area contributed by atoms with Gasteiger partial charge in [-0.2, -0.15) is 0 Å². The summed E-state index contributed by atoms with van der Waals surface area (Å²) >= 11 is 0. The van der Waals surface area contributed by atoms with Gasteiger partial charge in [-0.15, -0.1) is 0 Å². The Hall–Kier alpha value is -2.29. The molecule has 1 amide bonds. The zero-order valence-electron chi connectivity index (χ0n) is 11.0. The largest absolute Gasteiger partial charge is 0.399 e. The minimum Gasteiger partial charge on any atom is -0.399 e. The van der Waals surface area contributed by atoms with Gasteiger partial charge in [-0.25, -0.2) is 0 Å². The summed E-state index contributed by atoms with van der Waals surface area (Å²) in [5, 5.41) is 0. The van der Waals surface area contributed by atoms with Crippen molar-refractivity contribution in [3.8, 4) is 0 Å². The molecule has 3 nitrogen and oxygen atoms in total. The lowest BCUT2D eigenvalue weighted by Crippen LogP contribution is -2.31. The molecule has 0 aliphatic heterocycles. The molecule has 2 N–H and O–H groups in total. The number of benzene rings is 2. The van der Waals surface area contributed by atoms with Gasteiger partial charge in [0.1, 0.15) is 0 Å². The molecule has 2 rings (SSSR count). The number of hydrogen-bond acceptors (Lipinski definition) is 2. The average molecular weight is 254 g/mol. The summed E-state index contributed by atoms with van der Waals surface area (Å²) in [7, 11) is 0. The molecule has 2 aromatic rings. The van der Waals surface area contributed by atoms with Crippen molar-refractivity contribution in [3.63, 3.8) is 0 Å². The minimum absolute atomic E-state index is 0.0958. The number of nitrogen functional groups attached to an aromatic ring is 1. The first kappa shape index (κ1) is 13.1. The van der Waals surface area contributed by atoms with Gasteiger partial charge in [0.05, 0.1) is 6.42 Å². The van der Waals surface area contributed by atoms with E-state index in [1.807, 2.05) is 61.5 Å². The van der Waals surface area contributed by atoms with E-state index in [1.165, 1.54) is 0 Å². The lowest BCUT2D eigenvalue weighted by atomic mass is 10.1. The summed E-state index contributed by atoms with van der Waals surface area (Å²) in [6.07, 6.45) is 0.392. The van der Waals surface area contributed by atoms with Crippen molar-refractivity contribution in [1.82, 2.24) is 0 Å². The van der Waals surface area contributed by atoms with Gasteiger partial charge in [-0.3, -0.25) is 4.79 Å². The molecule has 0 aromatic heterocycles. The molecular formula is C16H18N2O. The fraction of sp³-hybridized carbons (Fsp3) is 0.188. The van der Waals surface area contributed by atoms with E-state index in [9.17, 15) is 4.79 Å². The van der Waals surface area contributed by atoms with Gasteiger partial charge in [0, 0.05) is 17.9 Å². The van der Waals surface area contributed by atoms with E-state index < -0.39 is 0 Å². The molecule has 0 unspecified atom stereocenters. The predicted molar refractivity (Wildman–Crippen MR) is 79.0 cm³/mol. The Morgan fingerprint density at radius 1 is 1.05 bits per heavy atom. The van der Waals surface area contributed by atoms with E-state index >= 15 is 0 Å². The molecule has 0 heterocycles. The van der Waals surface area contributed by atoms with Crippen molar-refractivity contribution in [2.75, 3.05) is 17.2 Å². The fourth-order valence-corrected chi connectivity index (χ4v) is 2.02. The topological polar surface area (TPSA) is 46.3 Å². The SMILES string of the molecule is CCN(C(=O)Cc1ccc(N)cc1)c1ccccc1. The Morgan fingerprint density at radius 3 is 2.26 bits per heavy atom. The number of carbonyl (C=O) groups excluding carboxylic acids is 1. The minimum atomic E-state index is 0.0958. The van der Waals surface area contributed by atoms with Crippen LogP contribution in [0.25, 0.3) is 0 Å². The number of nitrogens with two attached hydrogens (primary N) is 1. The van der Waals surface area contributed by atoms with Crippen LogP contribution in [0.15, 0.2) is 54.6 Å². The van der Waals surface area contributed by atoms with Gasteiger partial charge in [-0.1, -0.05) is 30.3 Å². The van der Waals surface area contributed by atoms with Crippen molar-refractivity contribution < 1.29 is 4.79 Å². The van der Waals surface area contributed by atoms with Gasteiger partial charge in [0.15, 0.2) is 0 Å². The summed E-state index contributed by atoms with van der Waals surface area (Å²) in [5.41, 5.74) is 8.27. The third-order valence-corrected chi connectivity index (χ3v) is 3.02. The first-order chi connectivity index (χ1) is 9.20. The van der Waals surface area contributed by atoms with E-state index in [2.05, 4.69) is 0 Å². The van der Waals surface area contributed by atoms with Gasteiger partial charge < -0.3 is 10.6 Å². The third kappa shape index (κ3) is 3.35. The van der Waals surface area contributed by atoms with E-state index in [4.69, 9.17) is 5.73 Å². The predicted octanol–water partition coefficient (Wildman–Crippen LogP) is 2.86. The fourth-order valence-electron chi connectivity index (χ4n) is 2.02. The van der Waals surface area contributed by atoms with Crippen LogP contribution in [0.4, 0.5) is 11.4 Å². The lowest BCUT2D eigenvalue weighted by molar-refractivity contribution is -0.117. The highest BCUT2D eigenvalue weighted by Crippen LogP contribution is 2.15. The number of likely N-dealkylation sites (N-methyl/N-ethyl adjacent to an activating group) is 1. The Balaban J connectivity index is 2.11. The highest BCUT2D eigenvalue weighted by molar-refractivity contribution is 5.94. The molecule has 3 heteroatoms. The van der Waals surface area contributed by atoms with Gasteiger partial charge >= 0.3 is 0 Å². The first-order valence-corrected chi connectivity index (χ1v) is 6.40. The maximum absolute atomic E-state index is 12.3. The third-order valence-electron chi connectivity index (χ3n) is 3.02. The summed E-state index contributed by atoms with van der Waals surface area (Å²) < 4.78 is 0. The molecule has 0 fully saturated rings. The number of anilines is 2. The number of rotatable bonds is 4. The van der Waals surface area contributed by atoms with E-state index in [1.54, 1.807) is 4.90 Å². The molecule has 0 aliphatic rings.